The molecular formula is C12H5Cl2F2N3S. The standard InChI is InChI=1S/C12H5Cl2F2N3S/c13-5-1-9-11(17-4-5)19(12(20)18-9)10-7(14)2-6(15)3-8(10)16/h1-4H,(H,18,20). The molecular weight excluding hydrogens is 327 g/mol. The minimum atomic E-state index is -0.830. The van der Waals surface area contributed by atoms with Gasteiger partial charge in [0.2, 0.25) is 0 Å². The molecule has 0 aliphatic rings. The van der Waals surface area contributed by atoms with Gasteiger partial charge in [-0.25, -0.2) is 13.8 Å². The van der Waals surface area contributed by atoms with Crippen LogP contribution in [0.5, 0.6) is 0 Å². The lowest BCUT2D eigenvalue weighted by molar-refractivity contribution is 0.578. The first-order valence-electron chi connectivity index (χ1n) is 5.38. The molecule has 0 radical (unpaired) electrons. The topological polar surface area (TPSA) is 33.6 Å². The molecule has 0 saturated heterocycles. The quantitative estimate of drug-likeness (QED) is 0.657. The average molecular weight is 332 g/mol. The number of imidazole rings is 1. The Hall–Kier alpha value is -1.50. The molecule has 0 spiro atoms. The third-order valence-electron chi connectivity index (χ3n) is 2.70. The Balaban J connectivity index is 2.41. The smallest absolute Gasteiger partial charge is 0.184 e. The highest BCUT2D eigenvalue weighted by Gasteiger charge is 2.17. The molecule has 3 aromatic rings. The second kappa shape index (κ2) is 4.80. The molecule has 0 saturated carbocycles. The van der Waals surface area contributed by atoms with Gasteiger partial charge >= 0.3 is 0 Å². The fourth-order valence-electron chi connectivity index (χ4n) is 1.93. The van der Waals surface area contributed by atoms with E-state index in [2.05, 4.69) is 9.97 Å². The number of aromatic nitrogens is 3. The minimum Gasteiger partial charge on any atom is -0.329 e. The molecule has 8 heteroatoms. The number of rotatable bonds is 1. The number of halogens is 4. The Morgan fingerprint density at radius 1 is 1.20 bits per heavy atom. The number of H-pyrrole nitrogens is 1. The molecule has 0 atom stereocenters. The van der Waals surface area contributed by atoms with Crippen molar-refractivity contribution in [3.8, 4) is 5.69 Å². The first kappa shape index (κ1) is 13.5. The van der Waals surface area contributed by atoms with Gasteiger partial charge in [0.1, 0.15) is 11.5 Å². The van der Waals surface area contributed by atoms with E-state index in [4.69, 9.17) is 35.4 Å². The molecule has 1 aromatic carbocycles. The van der Waals surface area contributed by atoms with E-state index < -0.39 is 11.6 Å². The van der Waals surface area contributed by atoms with Crippen LogP contribution in [0.2, 0.25) is 10.0 Å². The molecule has 1 N–H and O–H groups in total. The predicted molar refractivity (Wildman–Crippen MR) is 76.2 cm³/mol. The number of fused-ring (bicyclic) bond motifs is 1. The molecule has 102 valence electrons. The third kappa shape index (κ3) is 2.09. The van der Waals surface area contributed by atoms with E-state index in [1.807, 2.05) is 0 Å². The number of pyridine rings is 1. The normalized spacial score (nSPS) is 11.2. The number of aromatic amines is 1. The van der Waals surface area contributed by atoms with Crippen molar-refractivity contribution in [1.29, 1.82) is 0 Å². The van der Waals surface area contributed by atoms with Crippen LogP contribution in [-0.4, -0.2) is 14.5 Å². The molecule has 0 bridgehead atoms. The Kier molecular flexibility index (Phi) is 3.24. The molecule has 3 rings (SSSR count). The number of hydrogen-bond acceptors (Lipinski definition) is 2. The molecule has 3 nitrogen and oxygen atoms in total. The maximum absolute atomic E-state index is 14.0. The van der Waals surface area contributed by atoms with Gasteiger partial charge < -0.3 is 4.98 Å². The van der Waals surface area contributed by atoms with Crippen molar-refractivity contribution < 1.29 is 8.78 Å². The zero-order valence-corrected chi connectivity index (χ0v) is 12.0. The summed E-state index contributed by atoms with van der Waals surface area (Å²) in [5.41, 5.74) is 0.827. The van der Waals surface area contributed by atoms with Gasteiger partial charge in [0.05, 0.1) is 15.6 Å². The van der Waals surface area contributed by atoms with Crippen LogP contribution in [-0.2, 0) is 0 Å². The van der Waals surface area contributed by atoms with Crippen LogP contribution >= 0.6 is 35.4 Å². The Morgan fingerprint density at radius 3 is 2.65 bits per heavy atom. The van der Waals surface area contributed by atoms with Crippen molar-refractivity contribution in [3.05, 3.63) is 50.8 Å². The van der Waals surface area contributed by atoms with Crippen LogP contribution in [0, 0.1) is 16.4 Å². The van der Waals surface area contributed by atoms with Crippen molar-refractivity contribution in [2.24, 2.45) is 0 Å². The highest BCUT2D eigenvalue weighted by Crippen LogP contribution is 2.28. The van der Waals surface area contributed by atoms with E-state index in [-0.39, 0.29) is 15.5 Å². The summed E-state index contributed by atoms with van der Waals surface area (Å²) >= 11 is 16.9. The van der Waals surface area contributed by atoms with E-state index >= 15 is 0 Å². The van der Waals surface area contributed by atoms with Crippen molar-refractivity contribution in [2.45, 2.75) is 0 Å². The lowest BCUT2D eigenvalue weighted by atomic mass is 10.3. The fraction of sp³-hybridized carbons (Fsp3) is 0. The zero-order valence-electron chi connectivity index (χ0n) is 9.62. The van der Waals surface area contributed by atoms with Gasteiger partial charge in [0.25, 0.3) is 0 Å². The first-order chi connectivity index (χ1) is 9.47. The number of nitrogens with zero attached hydrogens (tertiary/aromatic N) is 2. The highest BCUT2D eigenvalue weighted by molar-refractivity contribution is 7.71. The summed E-state index contributed by atoms with van der Waals surface area (Å²) in [5, 5.41) is 0.308. The summed E-state index contributed by atoms with van der Waals surface area (Å²) in [7, 11) is 0. The Morgan fingerprint density at radius 2 is 1.95 bits per heavy atom. The molecule has 0 aliphatic heterocycles. The van der Waals surface area contributed by atoms with Crippen molar-refractivity contribution in [3.63, 3.8) is 0 Å². The summed E-state index contributed by atoms with van der Waals surface area (Å²) in [4.78, 5) is 6.94. The van der Waals surface area contributed by atoms with Gasteiger partial charge in [-0.05, 0) is 24.4 Å². The number of hydrogen-bond donors (Lipinski definition) is 1. The van der Waals surface area contributed by atoms with E-state index in [0.29, 0.717) is 16.2 Å². The lowest BCUT2D eigenvalue weighted by Gasteiger charge is -2.08. The van der Waals surface area contributed by atoms with Gasteiger partial charge in [0.15, 0.2) is 16.2 Å². The van der Waals surface area contributed by atoms with Crippen LogP contribution < -0.4 is 0 Å². The number of benzene rings is 1. The van der Waals surface area contributed by atoms with Crippen LogP contribution in [0.25, 0.3) is 16.9 Å². The minimum absolute atomic E-state index is 0.0564. The third-order valence-corrected chi connectivity index (χ3v) is 3.47. The molecule has 0 unspecified atom stereocenters. The van der Waals surface area contributed by atoms with Crippen molar-refractivity contribution >= 4 is 46.6 Å². The second-order valence-corrected chi connectivity index (χ2v) is 5.24. The maximum Gasteiger partial charge on any atom is 0.184 e. The van der Waals surface area contributed by atoms with Crippen LogP contribution in [0.3, 0.4) is 0 Å². The largest absolute Gasteiger partial charge is 0.329 e. The monoisotopic (exact) mass is 331 g/mol. The first-order valence-corrected chi connectivity index (χ1v) is 6.55. The molecule has 2 aromatic heterocycles. The summed E-state index contributed by atoms with van der Waals surface area (Å²) < 4.78 is 28.6. The number of nitrogens with one attached hydrogen (secondary N) is 1. The second-order valence-electron chi connectivity index (χ2n) is 4.01. The lowest BCUT2D eigenvalue weighted by Crippen LogP contribution is -2.01. The van der Waals surface area contributed by atoms with Gasteiger partial charge in [-0.15, -0.1) is 0 Å². The molecule has 0 amide bonds. The molecule has 20 heavy (non-hydrogen) atoms. The molecule has 0 fully saturated rings. The van der Waals surface area contributed by atoms with Gasteiger partial charge in [-0.2, -0.15) is 0 Å². The average Bonchev–Trinajstić information content (AvgIpc) is 2.64. The van der Waals surface area contributed by atoms with Gasteiger partial charge in [-0.3, -0.25) is 4.57 Å². The SMILES string of the molecule is Fc1cc(F)c(-n2c(=S)[nH]c3cc(Cl)cnc32)c(Cl)c1. The maximum atomic E-state index is 14.0. The van der Waals surface area contributed by atoms with Gasteiger partial charge in [-0.1, -0.05) is 23.2 Å². The molecule has 0 aliphatic carbocycles. The van der Waals surface area contributed by atoms with E-state index in [1.54, 1.807) is 6.07 Å². The summed E-state index contributed by atoms with van der Waals surface area (Å²) in [5.74, 6) is -1.60. The van der Waals surface area contributed by atoms with Crippen LogP contribution in [0.1, 0.15) is 0 Å². The van der Waals surface area contributed by atoms with E-state index in [1.165, 1.54) is 10.8 Å². The van der Waals surface area contributed by atoms with Crippen LogP contribution in [0.4, 0.5) is 8.78 Å². The van der Waals surface area contributed by atoms with E-state index in [0.717, 1.165) is 12.1 Å². The predicted octanol–water partition coefficient (Wildman–Crippen LogP) is 4.67. The summed E-state index contributed by atoms with van der Waals surface area (Å²) in [6.07, 6.45) is 1.40. The fourth-order valence-corrected chi connectivity index (χ4v) is 2.65. The van der Waals surface area contributed by atoms with Gasteiger partial charge in [0, 0.05) is 12.3 Å². The summed E-state index contributed by atoms with van der Waals surface area (Å²) in [6, 6.07) is 3.35. The van der Waals surface area contributed by atoms with Crippen LogP contribution in [0.15, 0.2) is 24.4 Å². The van der Waals surface area contributed by atoms with Crippen molar-refractivity contribution in [1.82, 2.24) is 14.5 Å². The van der Waals surface area contributed by atoms with E-state index in [9.17, 15) is 8.78 Å². The zero-order chi connectivity index (χ0) is 14.4. The summed E-state index contributed by atoms with van der Waals surface area (Å²) in [6.45, 7) is 0. The Bertz CT molecular complexity index is 865. The molecule has 2 heterocycles. The Labute approximate surface area is 126 Å². The highest BCUT2D eigenvalue weighted by atomic mass is 35.5. The van der Waals surface area contributed by atoms with Crippen molar-refractivity contribution in [2.75, 3.05) is 0 Å².